The van der Waals surface area contributed by atoms with E-state index in [-0.39, 0.29) is 4.90 Å². The molecule has 4 aliphatic carbocycles. The number of sulfonamides is 1. The van der Waals surface area contributed by atoms with E-state index in [1.165, 1.54) is 57.1 Å². The van der Waals surface area contributed by atoms with Gasteiger partial charge < -0.3 is 4.57 Å². The van der Waals surface area contributed by atoms with Crippen LogP contribution in [0.5, 0.6) is 0 Å². The molecule has 3 fully saturated rings. The fraction of sp³-hybridized carbons (Fsp3) is 0.613. The van der Waals surface area contributed by atoms with Crippen LogP contribution < -0.4 is 5.14 Å². The monoisotopic (exact) mass is 506 g/mol. The van der Waals surface area contributed by atoms with Crippen molar-refractivity contribution >= 4 is 10.0 Å². The van der Waals surface area contributed by atoms with Crippen molar-refractivity contribution in [3.05, 3.63) is 66.0 Å². The van der Waals surface area contributed by atoms with Crippen LogP contribution in [-0.2, 0) is 22.9 Å². The maximum atomic E-state index is 11.6. The minimum absolute atomic E-state index is 0.183. The lowest BCUT2D eigenvalue weighted by Crippen LogP contribution is -2.52. The molecule has 3 saturated carbocycles. The number of hydrogen-bond donors (Lipinski definition) is 1. The van der Waals surface area contributed by atoms with Gasteiger partial charge in [-0.1, -0.05) is 38.1 Å². The van der Waals surface area contributed by atoms with Crippen LogP contribution >= 0.6 is 0 Å². The molecule has 1 aromatic heterocycles. The average Bonchev–Trinajstić information content (AvgIpc) is 3.45. The minimum Gasteiger partial charge on any atom is -0.348 e. The largest absolute Gasteiger partial charge is 0.348 e. The second kappa shape index (κ2) is 8.87. The summed E-state index contributed by atoms with van der Waals surface area (Å²) in [5, 5.41) is 5.26. The van der Waals surface area contributed by atoms with Crippen molar-refractivity contribution in [1.82, 2.24) is 4.57 Å². The van der Waals surface area contributed by atoms with Crippen molar-refractivity contribution in [3.63, 3.8) is 0 Å². The van der Waals surface area contributed by atoms with Crippen LogP contribution in [0.3, 0.4) is 0 Å². The third kappa shape index (κ3) is 3.93. The fourth-order valence-electron chi connectivity index (χ4n) is 9.33. The smallest absolute Gasteiger partial charge is 0.238 e. The third-order valence-corrected chi connectivity index (χ3v) is 12.2. The van der Waals surface area contributed by atoms with Gasteiger partial charge in [0.15, 0.2) is 0 Å². The average molecular weight is 507 g/mol. The predicted molar refractivity (Wildman–Crippen MR) is 145 cm³/mol. The van der Waals surface area contributed by atoms with Crippen molar-refractivity contribution in [2.24, 2.45) is 39.6 Å². The molecule has 6 rings (SSSR count). The number of aryl methyl sites for hydroxylation is 2. The normalized spacial score (nSPS) is 37.8. The van der Waals surface area contributed by atoms with Gasteiger partial charge in [0.2, 0.25) is 10.0 Å². The summed E-state index contributed by atoms with van der Waals surface area (Å²) in [6.07, 6.45) is 20.1. The zero-order chi connectivity index (χ0) is 25.1. The van der Waals surface area contributed by atoms with Crippen molar-refractivity contribution in [2.45, 2.75) is 89.0 Å². The van der Waals surface area contributed by atoms with E-state index in [0.29, 0.717) is 16.9 Å². The summed E-state index contributed by atoms with van der Waals surface area (Å²) >= 11 is 0. The molecule has 36 heavy (non-hydrogen) atoms. The number of nitrogens with two attached hydrogens (primary N) is 1. The zero-order valence-corrected chi connectivity index (χ0v) is 22.7. The molecule has 0 amide bonds. The second-order valence-electron chi connectivity index (χ2n) is 12.8. The standard InChI is InChI=1S/C31H42N2O2S/c1-30-19-4-3-6-23(30)11-15-26-27-16-17-29(31(27,2)20-18-28(26)30)33-21-5-7-24(33)12-8-22-9-13-25(14-10-22)36(32,34)35/h3-5,7,9-10,13-14,21,23,26-29H,6,8,11-12,15-20H2,1-2H3,(H2,32,34,35)/t23?,26-,27-,28+,29?,30-,31-/m0/s1. The molecule has 0 saturated heterocycles. The summed E-state index contributed by atoms with van der Waals surface area (Å²) in [6, 6.07) is 12.2. The Morgan fingerprint density at radius 3 is 2.47 bits per heavy atom. The van der Waals surface area contributed by atoms with Gasteiger partial charge in [0.05, 0.1) is 4.90 Å². The number of rotatable bonds is 5. The first-order valence-electron chi connectivity index (χ1n) is 14.1. The van der Waals surface area contributed by atoms with Gasteiger partial charge in [0.1, 0.15) is 0 Å². The summed E-state index contributed by atoms with van der Waals surface area (Å²) in [6.45, 7) is 5.25. The molecule has 0 aliphatic heterocycles. The molecule has 2 aromatic rings. The van der Waals surface area contributed by atoms with Gasteiger partial charge in [0, 0.05) is 17.9 Å². The third-order valence-electron chi connectivity index (χ3n) is 11.3. The molecule has 1 aromatic carbocycles. The number of aromatic nitrogens is 1. The highest BCUT2D eigenvalue weighted by Crippen LogP contribution is 2.67. The van der Waals surface area contributed by atoms with Crippen LogP contribution in [0, 0.1) is 34.5 Å². The molecule has 5 heteroatoms. The van der Waals surface area contributed by atoms with Crippen molar-refractivity contribution in [2.75, 3.05) is 0 Å². The van der Waals surface area contributed by atoms with E-state index >= 15 is 0 Å². The Morgan fingerprint density at radius 1 is 0.917 bits per heavy atom. The Kier molecular flexibility index (Phi) is 6.03. The molecule has 1 heterocycles. The van der Waals surface area contributed by atoms with E-state index in [1.807, 2.05) is 12.1 Å². The molecule has 2 unspecified atom stereocenters. The number of benzene rings is 1. The summed E-state index contributed by atoms with van der Waals surface area (Å²) in [5.41, 5.74) is 3.47. The first-order valence-corrected chi connectivity index (χ1v) is 15.7. The zero-order valence-electron chi connectivity index (χ0n) is 21.9. The maximum Gasteiger partial charge on any atom is 0.238 e. The Hall–Kier alpha value is -1.85. The van der Waals surface area contributed by atoms with Crippen LogP contribution in [-0.4, -0.2) is 13.0 Å². The maximum absolute atomic E-state index is 11.6. The molecule has 4 nitrogen and oxygen atoms in total. The van der Waals surface area contributed by atoms with E-state index in [2.05, 4.69) is 48.9 Å². The van der Waals surface area contributed by atoms with E-state index < -0.39 is 10.0 Å². The number of fused-ring (bicyclic) bond motifs is 5. The number of nitrogens with zero attached hydrogens (tertiary/aromatic N) is 1. The highest BCUT2D eigenvalue weighted by molar-refractivity contribution is 7.89. The molecule has 2 N–H and O–H groups in total. The highest BCUT2D eigenvalue weighted by atomic mass is 32.2. The topological polar surface area (TPSA) is 65.1 Å². The van der Waals surface area contributed by atoms with Crippen LogP contribution in [0.25, 0.3) is 0 Å². The fourth-order valence-corrected chi connectivity index (χ4v) is 9.85. The van der Waals surface area contributed by atoms with Crippen LogP contribution in [0.2, 0.25) is 0 Å². The first kappa shape index (κ1) is 24.5. The van der Waals surface area contributed by atoms with Gasteiger partial charge in [-0.2, -0.15) is 0 Å². The second-order valence-corrected chi connectivity index (χ2v) is 14.4. The molecule has 7 atom stereocenters. The molecular formula is C31H42N2O2S. The quantitative estimate of drug-likeness (QED) is 0.460. The van der Waals surface area contributed by atoms with Crippen LogP contribution in [0.4, 0.5) is 0 Å². The van der Waals surface area contributed by atoms with Crippen molar-refractivity contribution < 1.29 is 8.42 Å². The first-order chi connectivity index (χ1) is 17.2. The molecule has 194 valence electrons. The summed E-state index contributed by atoms with van der Waals surface area (Å²) in [7, 11) is -3.64. The Morgan fingerprint density at radius 2 is 1.69 bits per heavy atom. The van der Waals surface area contributed by atoms with Gasteiger partial charge in [-0.15, -0.1) is 0 Å². The SMILES string of the molecule is C[C@]12CC=CCC1CC[C@@H]1[C@H]2CC[C@]2(C)C(n3cccc3CCc3ccc(S(N)(=O)=O)cc3)CC[C@@H]12. The number of hydrogen-bond acceptors (Lipinski definition) is 2. The predicted octanol–water partition coefficient (Wildman–Crippen LogP) is 6.67. The van der Waals surface area contributed by atoms with Gasteiger partial charge in [-0.05, 0) is 129 Å². The lowest BCUT2D eigenvalue weighted by Gasteiger charge is -2.59. The minimum atomic E-state index is -3.64. The molecule has 0 bridgehead atoms. The van der Waals surface area contributed by atoms with Gasteiger partial charge in [-0.25, -0.2) is 13.6 Å². The van der Waals surface area contributed by atoms with Gasteiger partial charge in [-0.3, -0.25) is 0 Å². The summed E-state index contributed by atoms with van der Waals surface area (Å²) < 4.78 is 25.8. The number of primary sulfonamides is 1. The lowest BCUT2D eigenvalue weighted by atomic mass is 9.46. The highest BCUT2D eigenvalue weighted by Gasteiger charge is 2.59. The molecule has 0 radical (unpaired) electrons. The Bertz CT molecular complexity index is 1250. The Labute approximate surface area is 217 Å². The van der Waals surface area contributed by atoms with Gasteiger partial charge >= 0.3 is 0 Å². The molecule has 4 aliphatic rings. The summed E-state index contributed by atoms with van der Waals surface area (Å²) in [4.78, 5) is 0.183. The van der Waals surface area contributed by atoms with Crippen LogP contribution in [0.1, 0.15) is 82.5 Å². The van der Waals surface area contributed by atoms with Crippen molar-refractivity contribution in [3.8, 4) is 0 Å². The number of allylic oxidation sites excluding steroid dienone is 2. The van der Waals surface area contributed by atoms with Crippen LogP contribution in [0.15, 0.2) is 59.6 Å². The van der Waals surface area contributed by atoms with E-state index in [1.54, 1.807) is 12.1 Å². The summed E-state index contributed by atoms with van der Waals surface area (Å²) in [5.74, 6) is 3.56. The van der Waals surface area contributed by atoms with Crippen molar-refractivity contribution in [1.29, 1.82) is 0 Å². The van der Waals surface area contributed by atoms with E-state index in [9.17, 15) is 8.42 Å². The van der Waals surface area contributed by atoms with E-state index in [0.717, 1.165) is 42.1 Å². The lowest BCUT2D eigenvalue weighted by molar-refractivity contribution is -0.0947. The Balaban J connectivity index is 1.19. The van der Waals surface area contributed by atoms with E-state index in [4.69, 9.17) is 5.14 Å². The van der Waals surface area contributed by atoms with Gasteiger partial charge in [0.25, 0.3) is 0 Å². The molecular weight excluding hydrogens is 464 g/mol. The molecule has 0 spiro atoms.